The van der Waals surface area contributed by atoms with Crippen molar-refractivity contribution in [3.05, 3.63) is 59.7 Å². The fourth-order valence-electron chi connectivity index (χ4n) is 3.25. The summed E-state index contributed by atoms with van der Waals surface area (Å²) < 4.78 is 5.33. The monoisotopic (exact) mass is 337 g/mol. The molecule has 0 unspecified atom stereocenters. The highest BCUT2D eigenvalue weighted by Crippen LogP contribution is 2.33. The van der Waals surface area contributed by atoms with Gasteiger partial charge in [-0.25, -0.2) is 0 Å². The molecule has 0 radical (unpaired) electrons. The third-order valence-electron chi connectivity index (χ3n) is 4.41. The topological polar surface area (TPSA) is 50.1 Å². The SMILES string of the molecule is S=C(NCc1ccco1)Nc1c2c(nc3ccccc13)CCCC2. The second-order valence-electron chi connectivity index (χ2n) is 6.02. The molecule has 0 aliphatic heterocycles. The standard InChI is InChI=1S/C19H19N3OS/c24-19(20-12-13-6-5-11-23-13)22-18-14-7-1-3-9-16(14)21-17-10-4-2-8-15(17)18/h1,3,5-7,9,11H,2,4,8,10,12H2,(H2,20,21,22,24). The van der Waals surface area contributed by atoms with Crippen LogP contribution in [0.2, 0.25) is 0 Å². The van der Waals surface area contributed by atoms with Crippen molar-refractivity contribution >= 4 is 33.9 Å². The molecule has 2 aromatic heterocycles. The number of hydrogen-bond donors (Lipinski definition) is 2. The molecule has 5 heteroatoms. The van der Waals surface area contributed by atoms with Crippen molar-refractivity contribution in [2.45, 2.75) is 32.2 Å². The number of rotatable bonds is 3. The van der Waals surface area contributed by atoms with E-state index in [0.29, 0.717) is 11.7 Å². The maximum atomic E-state index is 5.49. The molecule has 0 atom stereocenters. The number of aryl methyl sites for hydroxylation is 1. The minimum absolute atomic E-state index is 0.573. The second kappa shape index (κ2) is 6.61. The van der Waals surface area contributed by atoms with Gasteiger partial charge in [-0.2, -0.15) is 0 Å². The predicted molar refractivity (Wildman–Crippen MR) is 100 cm³/mol. The second-order valence-corrected chi connectivity index (χ2v) is 6.43. The van der Waals surface area contributed by atoms with Gasteiger partial charge >= 0.3 is 0 Å². The van der Waals surface area contributed by atoms with E-state index in [9.17, 15) is 0 Å². The van der Waals surface area contributed by atoms with Gasteiger partial charge in [0.05, 0.1) is 24.0 Å². The first kappa shape index (κ1) is 15.1. The molecule has 4 nitrogen and oxygen atoms in total. The zero-order valence-electron chi connectivity index (χ0n) is 13.3. The Balaban J connectivity index is 1.63. The number of thiocarbonyl (C=S) groups is 1. The summed E-state index contributed by atoms with van der Waals surface area (Å²) in [5.41, 5.74) is 4.64. The van der Waals surface area contributed by atoms with Crippen LogP contribution in [0.3, 0.4) is 0 Å². The molecule has 2 N–H and O–H groups in total. The summed E-state index contributed by atoms with van der Waals surface area (Å²) in [5, 5.41) is 8.36. The van der Waals surface area contributed by atoms with Crippen molar-refractivity contribution in [2.24, 2.45) is 0 Å². The third kappa shape index (κ3) is 2.99. The minimum atomic E-state index is 0.573. The van der Waals surface area contributed by atoms with E-state index in [-0.39, 0.29) is 0 Å². The van der Waals surface area contributed by atoms with E-state index < -0.39 is 0 Å². The lowest BCUT2D eigenvalue weighted by Crippen LogP contribution is -2.28. The fourth-order valence-corrected chi connectivity index (χ4v) is 3.43. The van der Waals surface area contributed by atoms with Crippen molar-refractivity contribution in [1.29, 1.82) is 0 Å². The summed E-state index contributed by atoms with van der Waals surface area (Å²) in [4.78, 5) is 4.85. The number of pyridine rings is 1. The van der Waals surface area contributed by atoms with Crippen molar-refractivity contribution in [1.82, 2.24) is 10.3 Å². The Morgan fingerprint density at radius 3 is 2.88 bits per heavy atom. The number of nitrogens with zero attached hydrogens (tertiary/aromatic N) is 1. The van der Waals surface area contributed by atoms with Crippen molar-refractivity contribution in [2.75, 3.05) is 5.32 Å². The number of para-hydroxylation sites is 1. The zero-order chi connectivity index (χ0) is 16.4. The molecule has 0 spiro atoms. The molecular formula is C19H19N3OS. The molecule has 2 heterocycles. The number of aromatic nitrogens is 1. The molecule has 1 aromatic carbocycles. The number of furan rings is 1. The number of benzene rings is 1. The van der Waals surface area contributed by atoms with Gasteiger partial charge in [0, 0.05) is 11.1 Å². The molecule has 1 aliphatic rings. The first-order chi connectivity index (χ1) is 11.8. The molecule has 0 bridgehead atoms. The quantitative estimate of drug-likeness (QED) is 0.702. The summed E-state index contributed by atoms with van der Waals surface area (Å²) in [6.45, 7) is 0.573. The highest BCUT2D eigenvalue weighted by Gasteiger charge is 2.18. The van der Waals surface area contributed by atoms with E-state index >= 15 is 0 Å². The van der Waals surface area contributed by atoms with E-state index in [0.717, 1.165) is 35.2 Å². The molecule has 0 saturated heterocycles. The highest BCUT2D eigenvalue weighted by atomic mass is 32.1. The number of hydrogen-bond acceptors (Lipinski definition) is 3. The van der Waals surface area contributed by atoms with Crippen LogP contribution in [-0.4, -0.2) is 10.1 Å². The van der Waals surface area contributed by atoms with E-state index in [4.69, 9.17) is 21.6 Å². The van der Waals surface area contributed by atoms with Crippen molar-refractivity contribution in [3.63, 3.8) is 0 Å². The molecule has 1 aliphatic carbocycles. The summed E-state index contributed by atoms with van der Waals surface area (Å²) in [7, 11) is 0. The lowest BCUT2D eigenvalue weighted by atomic mass is 9.93. The summed E-state index contributed by atoms with van der Waals surface area (Å²) >= 11 is 5.49. The predicted octanol–water partition coefficient (Wildman–Crippen LogP) is 4.19. The molecule has 3 aromatic rings. The van der Waals surface area contributed by atoms with E-state index in [1.165, 1.54) is 24.1 Å². The maximum Gasteiger partial charge on any atom is 0.171 e. The van der Waals surface area contributed by atoms with Crippen LogP contribution in [0.15, 0.2) is 47.1 Å². The molecule has 4 rings (SSSR count). The Bertz CT molecular complexity index is 874. The van der Waals surface area contributed by atoms with Gasteiger partial charge in [0.1, 0.15) is 5.76 Å². The molecular weight excluding hydrogens is 318 g/mol. The molecule has 0 amide bonds. The molecule has 24 heavy (non-hydrogen) atoms. The first-order valence-electron chi connectivity index (χ1n) is 8.29. The first-order valence-corrected chi connectivity index (χ1v) is 8.70. The van der Waals surface area contributed by atoms with Gasteiger partial charge in [-0.3, -0.25) is 4.98 Å². The van der Waals surface area contributed by atoms with Gasteiger partial charge in [-0.15, -0.1) is 0 Å². The number of nitrogens with one attached hydrogen (secondary N) is 2. The summed E-state index contributed by atoms with van der Waals surface area (Å²) in [6, 6.07) is 12.1. The largest absolute Gasteiger partial charge is 0.467 e. The average molecular weight is 337 g/mol. The maximum absolute atomic E-state index is 5.49. The van der Waals surface area contributed by atoms with Crippen LogP contribution < -0.4 is 10.6 Å². The summed E-state index contributed by atoms with van der Waals surface area (Å²) in [6.07, 6.45) is 6.17. The number of fused-ring (bicyclic) bond motifs is 2. The summed E-state index contributed by atoms with van der Waals surface area (Å²) in [5.74, 6) is 0.862. The van der Waals surface area contributed by atoms with Crippen LogP contribution in [0.5, 0.6) is 0 Å². The Morgan fingerprint density at radius 2 is 2.00 bits per heavy atom. The highest BCUT2D eigenvalue weighted by molar-refractivity contribution is 7.80. The smallest absolute Gasteiger partial charge is 0.171 e. The Kier molecular flexibility index (Phi) is 4.17. The van der Waals surface area contributed by atoms with Gasteiger partial charge in [0.25, 0.3) is 0 Å². The van der Waals surface area contributed by atoms with Gasteiger partial charge in [0.15, 0.2) is 5.11 Å². The zero-order valence-corrected chi connectivity index (χ0v) is 14.2. The lowest BCUT2D eigenvalue weighted by Gasteiger charge is -2.22. The van der Waals surface area contributed by atoms with E-state index in [1.807, 2.05) is 24.3 Å². The van der Waals surface area contributed by atoms with Crippen LogP contribution in [0.25, 0.3) is 10.9 Å². The van der Waals surface area contributed by atoms with E-state index in [1.54, 1.807) is 6.26 Å². The Morgan fingerprint density at radius 1 is 1.12 bits per heavy atom. The van der Waals surface area contributed by atoms with Crippen LogP contribution in [0.1, 0.15) is 29.9 Å². The van der Waals surface area contributed by atoms with Crippen molar-refractivity contribution < 1.29 is 4.42 Å². The van der Waals surface area contributed by atoms with Gasteiger partial charge in [-0.1, -0.05) is 18.2 Å². The average Bonchev–Trinajstić information content (AvgIpc) is 3.13. The molecule has 0 fully saturated rings. The van der Waals surface area contributed by atoms with Crippen molar-refractivity contribution in [3.8, 4) is 0 Å². The van der Waals surface area contributed by atoms with Crippen LogP contribution in [-0.2, 0) is 19.4 Å². The van der Waals surface area contributed by atoms with Gasteiger partial charge < -0.3 is 15.1 Å². The van der Waals surface area contributed by atoms with Gasteiger partial charge in [-0.05, 0) is 61.7 Å². The normalized spacial score (nSPS) is 13.5. The lowest BCUT2D eigenvalue weighted by molar-refractivity contribution is 0.503. The van der Waals surface area contributed by atoms with Crippen LogP contribution in [0.4, 0.5) is 5.69 Å². The molecule has 122 valence electrons. The number of anilines is 1. The Labute approximate surface area is 146 Å². The third-order valence-corrected chi connectivity index (χ3v) is 4.66. The fraction of sp³-hybridized carbons (Fsp3) is 0.263. The van der Waals surface area contributed by atoms with Gasteiger partial charge in [0.2, 0.25) is 0 Å². The Hall–Kier alpha value is -2.40. The van der Waals surface area contributed by atoms with E-state index in [2.05, 4.69) is 22.8 Å². The molecule has 0 saturated carbocycles. The van der Waals surface area contributed by atoms with Crippen LogP contribution in [0, 0.1) is 0 Å². The minimum Gasteiger partial charge on any atom is -0.467 e. The van der Waals surface area contributed by atoms with Crippen LogP contribution >= 0.6 is 12.2 Å².